The summed E-state index contributed by atoms with van der Waals surface area (Å²) in [4.78, 5) is 34.8. The van der Waals surface area contributed by atoms with Crippen molar-refractivity contribution in [2.24, 2.45) is 5.92 Å². The van der Waals surface area contributed by atoms with Gasteiger partial charge >= 0.3 is 11.9 Å². The van der Waals surface area contributed by atoms with Crippen molar-refractivity contribution < 1.29 is 23.9 Å². The van der Waals surface area contributed by atoms with Crippen LogP contribution in [0, 0.1) is 5.92 Å². The number of nitrogens with one attached hydrogen (secondary N) is 1. The molecular formula is C15H23NO5. The Kier molecular flexibility index (Phi) is 7.50. The molecule has 0 radical (unpaired) electrons. The van der Waals surface area contributed by atoms with Gasteiger partial charge in [-0.1, -0.05) is 25.3 Å². The molecule has 0 unspecified atom stereocenters. The minimum Gasteiger partial charge on any atom is -0.467 e. The summed E-state index contributed by atoms with van der Waals surface area (Å²) in [5.41, 5.74) is 0. The first-order valence-corrected chi connectivity index (χ1v) is 7.21. The Morgan fingerprint density at radius 1 is 1.14 bits per heavy atom. The lowest BCUT2D eigenvalue weighted by Gasteiger charge is -2.23. The summed E-state index contributed by atoms with van der Waals surface area (Å²) in [5, 5.41) is 2.71. The first kappa shape index (κ1) is 17.2. The first-order chi connectivity index (χ1) is 10.1. The number of hydrogen-bond acceptors (Lipinski definition) is 5. The summed E-state index contributed by atoms with van der Waals surface area (Å²) >= 11 is 0. The molecule has 6 nitrogen and oxygen atoms in total. The molecule has 1 fully saturated rings. The van der Waals surface area contributed by atoms with E-state index in [2.05, 4.69) is 14.8 Å². The van der Waals surface area contributed by atoms with Gasteiger partial charge in [0.15, 0.2) is 0 Å². The number of carbonyl (C=O) groups excluding carboxylic acids is 3. The second-order valence-corrected chi connectivity index (χ2v) is 5.08. The Hall–Kier alpha value is -1.85. The van der Waals surface area contributed by atoms with Crippen LogP contribution < -0.4 is 5.32 Å². The van der Waals surface area contributed by atoms with E-state index in [1.54, 1.807) is 0 Å². The maximum absolute atomic E-state index is 12.1. The average Bonchev–Trinajstić information content (AvgIpc) is 2.53. The molecule has 1 rings (SSSR count). The molecule has 0 aromatic heterocycles. The van der Waals surface area contributed by atoms with Gasteiger partial charge in [0, 0.05) is 12.0 Å². The highest BCUT2D eigenvalue weighted by atomic mass is 16.5. The number of ether oxygens (including phenoxy) is 2. The number of carbonyl (C=O) groups is 3. The van der Waals surface area contributed by atoms with Gasteiger partial charge in [-0.25, -0.2) is 9.59 Å². The Morgan fingerprint density at radius 3 is 2.38 bits per heavy atom. The third-order valence-electron chi connectivity index (χ3n) is 3.61. The summed E-state index contributed by atoms with van der Waals surface area (Å²) in [6, 6.07) is -0.773. The lowest BCUT2D eigenvalue weighted by Crippen LogP contribution is -2.44. The van der Waals surface area contributed by atoms with Crippen LogP contribution in [0.4, 0.5) is 0 Å². The fraction of sp³-hybridized carbons (Fsp3) is 0.667. The SMILES string of the molecule is COC(=O)/C=C/C[C@@H](NC(=O)C1CCCCC1)C(=O)OC. The van der Waals surface area contributed by atoms with E-state index in [1.807, 2.05) is 0 Å². The zero-order valence-electron chi connectivity index (χ0n) is 12.6. The fourth-order valence-corrected chi connectivity index (χ4v) is 2.38. The number of hydrogen-bond donors (Lipinski definition) is 1. The Morgan fingerprint density at radius 2 is 1.81 bits per heavy atom. The van der Waals surface area contributed by atoms with Gasteiger partial charge in [-0.15, -0.1) is 0 Å². The molecule has 0 bridgehead atoms. The Bertz CT molecular complexity index is 399. The van der Waals surface area contributed by atoms with Crippen LogP contribution in [0.25, 0.3) is 0 Å². The second kappa shape index (κ2) is 9.15. The number of esters is 2. The normalized spacial score (nSPS) is 17.2. The summed E-state index contributed by atoms with van der Waals surface area (Å²) < 4.78 is 9.15. The van der Waals surface area contributed by atoms with E-state index in [0.717, 1.165) is 32.1 Å². The molecule has 1 aliphatic carbocycles. The molecule has 6 heteroatoms. The van der Waals surface area contributed by atoms with Crippen LogP contribution in [-0.2, 0) is 23.9 Å². The van der Waals surface area contributed by atoms with Crippen molar-refractivity contribution in [3.05, 3.63) is 12.2 Å². The lowest BCUT2D eigenvalue weighted by molar-refractivity contribution is -0.145. The van der Waals surface area contributed by atoms with Crippen molar-refractivity contribution >= 4 is 17.8 Å². The molecule has 0 saturated heterocycles. The predicted molar refractivity (Wildman–Crippen MR) is 76.3 cm³/mol. The number of methoxy groups -OCH3 is 2. The highest BCUT2D eigenvalue weighted by Gasteiger charge is 2.26. The Labute approximate surface area is 124 Å². The van der Waals surface area contributed by atoms with E-state index in [1.165, 1.54) is 26.4 Å². The number of rotatable bonds is 6. The fourth-order valence-electron chi connectivity index (χ4n) is 2.38. The third-order valence-corrected chi connectivity index (χ3v) is 3.61. The first-order valence-electron chi connectivity index (χ1n) is 7.21. The predicted octanol–water partition coefficient (Wildman–Crippen LogP) is 1.34. The van der Waals surface area contributed by atoms with Gasteiger partial charge in [0.2, 0.25) is 5.91 Å². The molecule has 1 atom stereocenters. The van der Waals surface area contributed by atoms with Gasteiger partial charge in [-0.3, -0.25) is 4.79 Å². The third kappa shape index (κ3) is 5.97. The topological polar surface area (TPSA) is 81.7 Å². The van der Waals surface area contributed by atoms with E-state index in [9.17, 15) is 14.4 Å². The maximum atomic E-state index is 12.1. The van der Waals surface area contributed by atoms with Crippen LogP contribution in [-0.4, -0.2) is 38.1 Å². The van der Waals surface area contributed by atoms with E-state index in [0.29, 0.717) is 0 Å². The van der Waals surface area contributed by atoms with Crippen LogP contribution >= 0.6 is 0 Å². The molecule has 21 heavy (non-hydrogen) atoms. The summed E-state index contributed by atoms with van der Waals surface area (Å²) in [6.45, 7) is 0. The zero-order valence-corrected chi connectivity index (χ0v) is 12.6. The van der Waals surface area contributed by atoms with Crippen LogP contribution in [0.1, 0.15) is 38.5 Å². The van der Waals surface area contributed by atoms with Crippen LogP contribution in [0.2, 0.25) is 0 Å². The smallest absolute Gasteiger partial charge is 0.330 e. The molecule has 0 heterocycles. The van der Waals surface area contributed by atoms with Gasteiger partial charge in [0.05, 0.1) is 14.2 Å². The zero-order chi connectivity index (χ0) is 15.7. The minimum absolute atomic E-state index is 0.0320. The van der Waals surface area contributed by atoms with Gasteiger partial charge in [0.25, 0.3) is 0 Å². The Balaban J connectivity index is 2.56. The van der Waals surface area contributed by atoms with Crippen molar-refractivity contribution in [3.8, 4) is 0 Å². The highest BCUT2D eigenvalue weighted by Crippen LogP contribution is 2.23. The second-order valence-electron chi connectivity index (χ2n) is 5.08. The molecule has 0 spiro atoms. The van der Waals surface area contributed by atoms with Crippen LogP contribution in [0.3, 0.4) is 0 Å². The van der Waals surface area contributed by atoms with E-state index in [-0.39, 0.29) is 18.2 Å². The van der Waals surface area contributed by atoms with Crippen molar-refractivity contribution in [1.82, 2.24) is 5.32 Å². The molecule has 0 aliphatic heterocycles. The lowest BCUT2D eigenvalue weighted by atomic mass is 9.88. The highest BCUT2D eigenvalue weighted by molar-refractivity contribution is 5.86. The van der Waals surface area contributed by atoms with Crippen molar-refractivity contribution in [2.45, 2.75) is 44.6 Å². The molecule has 118 valence electrons. The molecule has 1 aliphatic rings. The number of amides is 1. The van der Waals surface area contributed by atoms with Crippen molar-refractivity contribution in [1.29, 1.82) is 0 Å². The molecule has 1 saturated carbocycles. The van der Waals surface area contributed by atoms with Gasteiger partial charge in [-0.05, 0) is 19.3 Å². The summed E-state index contributed by atoms with van der Waals surface area (Å²) in [6.07, 6.45) is 7.88. The minimum atomic E-state index is -0.773. The van der Waals surface area contributed by atoms with E-state index in [4.69, 9.17) is 0 Å². The van der Waals surface area contributed by atoms with Gasteiger partial charge in [0.1, 0.15) is 6.04 Å². The van der Waals surface area contributed by atoms with Crippen LogP contribution in [0.5, 0.6) is 0 Å². The van der Waals surface area contributed by atoms with Gasteiger partial charge in [-0.2, -0.15) is 0 Å². The maximum Gasteiger partial charge on any atom is 0.330 e. The monoisotopic (exact) mass is 297 g/mol. The van der Waals surface area contributed by atoms with E-state index < -0.39 is 18.0 Å². The summed E-state index contributed by atoms with van der Waals surface area (Å²) in [7, 11) is 2.54. The van der Waals surface area contributed by atoms with Crippen molar-refractivity contribution in [2.75, 3.05) is 14.2 Å². The molecule has 0 aromatic rings. The molecule has 1 amide bonds. The summed E-state index contributed by atoms with van der Waals surface area (Å²) in [5.74, 6) is -1.17. The van der Waals surface area contributed by atoms with Crippen molar-refractivity contribution in [3.63, 3.8) is 0 Å². The van der Waals surface area contributed by atoms with E-state index >= 15 is 0 Å². The quantitative estimate of drug-likeness (QED) is 0.591. The molecular weight excluding hydrogens is 274 g/mol. The standard InChI is InChI=1S/C15H23NO5/c1-20-13(17)10-6-9-12(15(19)21-2)16-14(18)11-7-4-3-5-8-11/h6,10-12H,3-5,7-9H2,1-2H3,(H,16,18)/b10-6+/t12-/m1/s1. The molecule has 0 aromatic carbocycles. The largest absolute Gasteiger partial charge is 0.467 e. The molecule has 1 N–H and O–H groups in total. The van der Waals surface area contributed by atoms with Gasteiger partial charge < -0.3 is 14.8 Å². The van der Waals surface area contributed by atoms with Crippen LogP contribution in [0.15, 0.2) is 12.2 Å². The average molecular weight is 297 g/mol.